The first-order valence-corrected chi connectivity index (χ1v) is 16.3. The van der Waals surface area contributed by atoms with Crippen molar-refractivity contribution in [1.29, 1.82) is 0 Å². The zero-order chi connectivity index (χ0) is 35.4. The van der Waals surface area contributed by atoms with Crippen LogP contribution in [0.3, 0.4) is 0 Å². The molecule has 2 rings (SSSR count). The molecule has 1 fully saturated rings. The lowest BCUT2D eigenvalue weighted by molar-refractivity contribution is -0.278. The van der Waals surface area contributed by atoms with Crippen LogP contribution in [0.15, 0.2) is 12.3 Å². The van der Waals surface area contributed by atoms with Gasteiger partial charge >= 0.3 is 23.9 Å². The fourth-order valence-corrected chi connectivity index (χ4v) is 4.52. The number of amides is 1. The van der Waals surface area contributed by atoms with Crippen molar-refractivity contribution < 1.29 is 47.7 Å². The Morgan fingerprint density at radius 2 is 1.20 bits per heavy atom. The first kappa shape index (κ1) is 39.2. The number of hydrogen-bond acceptors (Lipinski definition) is 10. The minimum atomic E-state index is -1.42. The van der Waals surface area contributed by atoms with Gasteiger partial charge in [0, 0.05) is 12.6 Å². The maximum atomic E-state index is 13.7. The first-order valence-electron chi connectivity index (χ1n) is 16.3. The molecule has 0 bridgehead atoms. The van der Waals surface area contributed by atoms with Crippen LogP contribution in [0.2, 0.25) is 0 Å². The molecule has 0 N–H and O–H groups in total. The summed E-state index contributed by atoms with van der Waals surface area (Å²) in [7, 11) is 0. The summed E-state index contributed by atoms with van der Waals surface area (Å²) in [6, 6.07) is 0. The van der Waals surface area contributed by atoms with Crippen LogP contribution in [0.5, 0.6) is 0 Å². The number of allylic oxidation sites excluding steroid dienone is 1. The molecule has 1 saturated heterocycles. The molecule has 0 aromatic carbocycles. The molecule has 0 aliphatic carbocycles. The third-order valence-electron chi connectivity index (χ3n) is 7.61. The summed E-state index contributed by atoms with van der Waals surface area (Å²) in [5, 5.41) is 0. The van der Waals surface area contributed by atoms with Crippen molar-refractivity contribution in [3.63, 3.8) is 0 Å². The number of rotatable bonds is 9. The maximum Gasteiger partial charge on any atom is 0.311 e. The van der Waals surface area contributed by atoms with E-state index in [9.17, 15) is 24.0 Å². The molecule has 0 saturated carbocycles. The lowest BCUT2D eigenvalue weighted by Gasteiger charge is -2.48. The number of esters is 4. The van der Waals surface area contributed by atoms with Crippen LogP contribution in [0, 0.1) is 27.6 Å². The van der Waals surface area contributed by atoms with Gasteiger partial charge in [0.1, 0.15) is 12.7 Å². The lowest BCUT2D eigenvalue weighted by Crippen LogP contribution is -2.67. The Morgan fingerprint density at radius 1 is 0.739 bits per heavy atom. The number of unbranched alkanes of at least 4 members (excludes halogenated alkanes) is 1. The van der Waals surface area contributed by atoms with E-state index in [-0.39, 0.29) is 24.9 Å². The second-order valence-corrected chi connectivity index (χ2v) is 16.5. The Bertz CT molecular complexity index is 1150. The van der Waals surface area contributed by atoms with Gasteiger partial charge in [-0.1, -0.05) is 25.8 Å². The quantitative estimate of drug-likeness (QED) is 0.225. The number of hydrogen-bond donors (Lipinski definition) is 0. The smallest absolute Gasteiger partial charge is 0.311 e. The molecule has 6 atom stereocenters. The summed E-state index contributed by atoms with van der Waals surface area (Å²) in [6.07, 6.45) is -0.141. The predicted octanol–water partition coefficient (Wildman–Crippen LogP) is 5.73. The average Bonchev–Trinajstić information content (AvgIpc) is 2.90. The molecule has 11 heteroatoms. The summed E-state index contributed by atoms with van der Waals surface area (Å²) in [5.41, 5.74) is -3.80. The highest BCUT2D eigenvalue weighted by Crippen LogP contribution is 2.37. The van der Waals surface area contributed by atoms with Crippen molar-refractivity contribution in [3.8, 4) is 0 Å². The van der Waals surface area contributed by atoms with Crippen LogP contribution in [-0.4, -0.2) is 71.9 Å². The second kappa shape index (κ2) is 14.9. The van der Waals surface area contributed by atoms with E-state index in [1.807, 2.05) is 6.08 Å². The molecule has 0 spiro atoms. The van der Waals surface area contributed by atoms with E-state index in [0.29, 0.717) is 0 Å². The van der Waals surface area contributed by atoms with Crippen LogP contribution >= 0.6 is 0 Å². The van der Waals surface area contributed by atoms with Crippen LogP contribution < -0.4 is 0 Å². The van der Waals surface area contributed by atoms with Gasteiger partial charge in [-0.3, -0.25) is 28.9 Å². The molecule has 0 aromatic heterocycles. The van der Waals surface area contributed by atoms with E-state index < -0.39 is 76.2 Å². The van der Waals surface area contributed by atoms with E-state index in [0.717, 1.165) is 19.3 Å². The standard InChI is InChI=1S/C35H57NO10/c1-14-15-16-21-17-18-36(23(37)19-21)27-26(46-31(41)35(11,12)13)25(45-30(40)34(8,9)10)24(44-29(39)33(5,6)7)22(43-27)20-42-28(38)32(2,3)4/h17-18,21-22,24-27H,14-16,19-20H2,1-13H3/t21-,22+,24-,25-,26+,27+/m0/s1. The highest BCUT2D eigenvalue weighted by molar-refractivity contribution is 5.80. The molecule has 2 aliphatic heterocycles. The number of nitrogens with zero attached hydrogens (tertiary/aromatic N) is 1. The van der Waals surface area contributed by atoms with Crippen LogP contribution in [0.25, 0.3) is 0 Å². The molecular weight excluding hydrogens is 594 g/mol. The van der Waals surface area contributed by atoms with E-state index >= 15 is 0 Å². The molecule has 0 aromatic rings. The largest absolute Gasteiger partial charge is 0.462 e. The van der Waals surface area contributed by atoms with Crippen LogP contribution in [0.4, 0.5) is 0 Å². The molecule has 2 heterocycles. The molecular formula is C35H57NO10. The van der Waals surface area contributed by atoms with Gasteiger partial charge in [-0.15, -0.1) is 0 Å². The Morgan fingerprint density at radius 3 is 1.63 bits per heavy atom. The molecule has 0 radical (unpaired) electrons. The molecule has 0 unspecified atom stereocenters. The van der Waals surface area contributed by atoms with Crippen molar-refractivity contribution in [3.05, 3.63) is 12.3 Å². The van der Waals surface area contributed by atoms with Crippen molar-refractivity contribution in [2.75, 3.05) is 6.61 Å². The lowest BCUT2D eigenvalue weighted by atomic mass is 9.91. The van der Waals surface area contributed by atoms with Crippen LogP contribution in [0.1, 0.15) is 116 Å². The number of ether oxygens (including phenoxy) is 5. The van der Waals surface area contributed by atoms with E-state index in [1.54, 1.807) is 89.3 Å². The van der Waals surface area contributed by atoms with Crippen molar-refractivity contribution in [2.45, 2.75) is 146 Å². The van der Waals surface area contributed by atoms with Gasteiger partial charge in [-0.05, 0) is 95.4 Å². The summed E-state index contributed by atoms with van der Waals surface area (Å²) >= 11 is 0. The van der Waals surface area contributed by atoms with E-state index in [1.165, 1.54) is 4.90 Å². The minimum absolute atomic E-state index is 0.0291. The third-order valence-corrected chi connectivity index (χ3v) is 7.61. The summed E-state index contributed by atoms with van der Waals surface area (Å²) in [4.78, 5) is 68.1. The van der Waals surface area contributed by atoms with Gasteiger partial charge < -0.3 is 23.7 Å². The number of carbonyl (C=O) groups is 5. The monoisotopic (exact) mass is 651 g/mol. The summed E-state index contributed by atoms with van der Waals surface area (Å²) in [5.74, 6) is -2.72. The molecule has 2 aliphatic rings. The maximum absolute atomic E-state index is 13.7. The minimum Gasteiger partial charge on any atom is -0.462 e. The molecule has 11 nitrogen and oxygen atoms in total. The Balaban J connectivity index is 2.75. The Hall–Kier alpha value is -2.95. The van der Waals surface area contributed by atoms with Crippen molar-refractivity contribution in [2.24, 2.45) is 27.6 Å². The second-order valence-electron chi connectivity index (χ2n) is 16.5. The number of carbonyl (C=O) groups excluding carboxylic acids is 5. The van der Waals surface area contributed by atoms with E-state index in [4.69, 9.17) is 23.7 Å². The van der Waals surface area contributed by atoms with Crippen molar-refractivity contribution >= 4 is 29.8 Å². The SMILES string of the molecule is CCCC[C@H]1C=CN([C@@H]2O[C@H](COC(=O)C(C)(C)C)[C@H](OC(=O)C(C)(C)C)[C@H](OC(=O)C(C)(C)C)[C@H]2OC(=O)C(C)(C)C)C(=O)C1. The summed E-state index contributed by atoms with van der Waals surface area (Å²) < 4.78 is 30.2. The van der Waals surface area contributed by atoms with Gasteiger partial charge in [-0.2, -0.15) is 0 Å². The van der Waals surface area contributed by atoms with Crippen molar-refractivity contribution in [1.82, 2.24) is 4.90 Å². The molecule has 1 amide bonds. The van der Waals surface area contributed by atoms with Gasteiger partial charge in [0.05, 0.1) is 21.7 Å². The normalized spacial score (nSPS) is 25.9. The third kappa shape index (κ3) is 10.5. The molecule has 46 heavy (non-hydrogen) atoms. The van der Waals surface area contributed by atoms with Gasteiger partial charge in [0.15, 0.2) is 24.5 Å². The predicted molar refractivity (Wildman–Crippen MR) is 171 cm³/mol. The Labute approximate surface area is 275 Å². The highest BCUT2D eigenvalue weighted by Gasteiger charge is 2.56. The summed E-state index contributed by atoms with van der Waals surface area (Å²) in [6.45, 7) is 21.7. The zero-order valence-electron chi connectivity index (χ0n) is 30.2. The van der Waals surface area contributed by atoms with Crippen LogP contribution in [-0.2, 0) is 47.7 Å². The first-order chi connectivity index (χ1) is 20.9. The van der Waals surface area contributed by atoms with Gasteiger partial charge in [-0.25, -0.2) is 0 Å². The zero-order valence-corrected chi connectivity index (χ0v) is 30.2. The van der Waals surface area contributed by atoms with Gasteiger partial charge in [0.2, 0.25) is 5.91 Å². The topological polar surface area (TPSA) is 135 Å². The Kier molecular flexibility index (Phi) is 12.7. The van der Waals surface area contributed by atoms with Gasteiger partial charge in [0.25, 0.3) is 0 Å². The highest BCUT2D eigenvalue weighted by atomic mass is 16.7. The van der Waals surface area contributed by atoms with E-state index in [2.05, 4.69) is 6.92 Å². The average molecular weight is 652 g/mol. The molecule has 262 valence electrons. The fourth-order valence-electron chi connectivity index (χ4n) is 4.52. The fraction of sp³-hybridized carbons (Fsp3) is 0.800.